The topological polar surface area (TPSA) is 49.8 Å². The van der Waals surface area contributed by atoms with E-state index in [1.54, 1.807) is 29.2 Å². The summed E-state index contributed by atoms with van der Waals surface area (Å²) in [6.45, 7) is 0.470. The standard InChI is InChI=1S/C21H21ClF3NO3/c1-29-15-8-5-13(6-9-15)19(26-11-3-2-4-18(26)20(27)28)14-7-10-17(22)16(12-14)21(23,24)25/h5-10,12,18-19H,2-4,11H2,1H3,(H,27,28). The highest BCUT2D eigenvalue weighted by Crippen LogP contribution is 2.40. The van der Waals surface area contributed by atoms with Crippen molar-refractivity contribution in [3.05, 3.63) is 64.2 Å². The number of carbonyl (C=O) groups is 1. The molecule has 0 radical (unpaired) electrons. The number of alkyl halides is 3. The van der Waals surface area contributed by atoms with Crippen LogP contribution < -0.4 is 4.74 Å². The number of nitrogens with zero attached hydrogens (tertiary/aromatic N) is 1. The van der Waals surface area contributed by atoms with Crippen LogP contribution in [-0.2, 0) is 11.0 Å². The molecule has 0 spiro atoms. The van der Waals surface area contributed by atoms with Gasteiger partial charge in [-0.15, -0.1) is 0 Å². The minimum atomic E-state index is -4.61. The predicted molar refractivity (Wildman–Crippen MR) is 103 cm³/mol. The third kappa shape index (κ3) is 4.67. The van der Waals surface area contributed by atoms with Gasteiger partial charge >= 0.3 is 12.1 Å². The van der Waals surface area contributed by atoms with E-state index >= 15 is 0 Å². The molecule has 0 amide bonds. The number of likely N-dealkylation sites (tertiary alicyclic amines) is 1. The van der Waals surface area contributed by atoms with Gasteiger partial charge in [0.25, 0.3) is 0 Å². The molecule has 2 unspecified atom stereocenters. The molecule has 1 heterocycles. The number of benzene rings is 2. The van der Waals surface area contributed by atoms with Crippen LogP contribution in [0.1, 0.15) is 42.0 Å². The zero-order valence-electron chi connectivity index (χ0n) is 15.7. The largest absolute Gasteiger partial charge is 0.497 e. The lowest BCUT2D eigenvalue weighted by molar-refractivity contribution is -0.145. The van der Waals surface area contributed by atoms with Crippen molar-refractivity contribution in [1.82, 2.24) is 4.90 Å². The summed E-state index contributed by atoms with van der Waals surface area (Å²) < 4.78 is 45.5. The van der Waals surface area contributed by atoms with Crippen LogP contribution in [0.5, 0.6) is 5.75 Å². The SMILES string of the molecule is COc1ccc(C(c2ccc(Cl)c(C(F)(F)F)c2)N2CCCCC2C(=O)O)cc1. The lowest BCUT2D eigenvalue weighted by Gasteiger charge is -2.40. The van der Waals surface area contributed by atoms with Crippen molar-refractivity contribution in [3.63, 3.8) is 0 Å². The first kappa shape index (κ1) is 21.5. The van der Waals surface area contributed by atoms with Gasteiger partial charge in [-0.1, -0.05) is 36.2 Å². The molecule has 0 aromatic heterocycles. The molecular weight excluding hydrogens is 407 g/mol. The quantitative estimate of drug-likeness (QED) is 0.694. The second-order valence-electron chi connectivity index (χ2n) is 7.00. The molecule has 8 heteroatoms. The number of carboxylic acids is 1. The van der Waals surface area contributed by atoms with Gasteiger partial charge in [-0.3, -0.25) is 9.69 Å². The van der Waals surface area contributed by atoms with E-state index in [0.29, 0.717) is 29.8 Å². The summed E-state index contributed by atoms with van der Waals surface area (Å²) in [5, 5.41) is 9.31. The van der Waals surface area contributed by atoms with Crippen molar-refractivity contribution < 1.29 is 27.8 Å². The van der Waals surface area contributed by atoms with Crippen molar-refractivity contribution in [2.24, 2.45) is 0 Å². The lowest BCUT2D eigenvalue weighted by Crippen LogP contribution is -2.46. The molecular formula is C21H21ClF3NO3. The van der Waals surface area contributed by atoms with E-state index in [1.165, 1.54) is 19.2 Å². The molecule has 2 aromatic rings. The maximum absolute atomic E-state index is 13.4. The monoisotopic (exact) mass is 427 g/mol. The Morgan fingerprint density at radius 3 is 2.41 bits per heavy atom. The summed E-state index contributed by atoms with van der Waals surface area (Å²) in [6.07, 6.45) is -2.62. The van der Waals surface area contributed by atoms with Gasteiger partial charge in [-0.2, -0.15) is 13.2 Å². The number of carboxylic acid groups (broad SMARTS) is 1. The van der Waals surface area contributed by atoms with Gasteiger partial charge in [0.15, 0.2) is 0 Å². The van der Waals surface area contributed by atoms with E-state index in [4.69, 9.17) is 16.3 Å². The predicted octanol–water partition coefficient (Wildman–Crippen LogP) is 5.40. The highest BCUT2D eigenvalue weighted by Gasteiger charge is 2.38. The summed E-state index contributed by atoms with van der Waals surface area (Å²) in [6, 6.07) is 9.26. The van der Waals surface area contributed by atoms with Crippen LogP contribution in [0.4, 0.5) is 13.2 Å². The third-order valence-electron chi connectivity index (χ3n) is 5.20. The molecule has 3 rings (SSSR count). The number of aliphatic carboxylic acids is 1. The fourth-order valence-corrected chi connectivity index (χ4v) is 4.04. The van der Waals surface area contributed by atoms with Gasteiger partial charge in [0, 0.05) is 0 Å². The average Bonchev–Trinajstić information content (AvgIpc) is 2.69. The van der Waals surface area contributed by atoms with Crippen molar-refractivity contribution in [3.8, 4) is 5.75 Å². The minimum absolute atomic E-state index is 0.347. The Morgan fingerprint density at radius 2 is 1.83 bits per heavy atom. The molecule has 0 saturated carbocycles. The Hall–Kier alpha value is -2.25. The molecule has 0 aliphatic carbocycles. The maximum atomic E-state index is 13.4. The van der Waals surface area contributed by atoms with Crippen molar-refractivity contribution in [2.45, 2.75) is 37.5 Å². The second-order valence-corrected chi connectivity index (χ2v) is 7.41. The summed E-state index contributed by atoms with van der Waals surface area (Å²) in [5.74, 6) is -0.374. The Balaban J connectivity index is 2.13. The number of ether oxygens (including phenoxy) is 1. The van der Waals surface area contributed by atoms with Gasteiger partial charge in [-0.25, -0.2) is 0 Å². The van der Waals surface area contributed by atoms with E-state index in [1.807, 2.05) is 0 Å². The molecule has 1 fully saturated rings. The van der Waals surface area contributed by atoms with Crippen LogP contribution in [0.3, 0.4) is 0 Å². The van der Waals surface area contributed by atoms with Crippen molar-refractivity contribution in [1.29, 1.82) is 0 Å². The minimum Gasteiger partial charge on any atom is -0.497 e. The first-order valence-electron chi connectivity index (χ1n) is 9.21. The number of hydrogen-bond donors (Lipinski definition) is 1. The molecule has 1 N–H and O–H groups in total. The van der Waals surface area contributed by atoms with Gasteiger partial charge in [0.1, 0.15) is 11.8 Å². The molecule has 2 aromatic carbocycles. The molecule has 4 nitrogen and oxygen atoms in total. The molecule has 1 saturated heterocycles. The van der Waals surface area contributed by atoms with Crippen LogP contribution in [-0.4, -0.2) is 35.7 Å². The Bertz CT molecular complexity index is 870. The van der Waals surface area contributed by atoms with Crippen molar-refractivity contribution in [2.75, 3.05) is 13.7 Å². The van der Waals surface area contributed by atoms with Gasteiger partial charge in [-0.05, 0) is 54.8 Å². The normalized spacial score (nSPS) is 19.0. The Labute approximate surface area is 171 Å². The fraction of sp³-hybridized carbons (Fsp3) is 0.381. The van der Waals surface area contributed by atoms with E-state index in [2.05, 4.69) is 0 Å². The van der Waals surface area contributed by atoms with Gasteiger partial charge in [0.05, 0.1) is 23.7 Å². The van der Waals surface area contributed by atoms with Crippen LogP contribution in [0, 0.1) is 0 Å². The number of hydrogen-bond acceptors (Lipinski definition) is 3. The van der Waals surface area contributed by atoms with E-state index < -0.39 is 29.8 Å². The first-order valence-corrected chi connectivity index (χ1v) is 9.59. The molecule has 1 aliphatic rings. The van der Waals surface area contributed by atoms with Crippen LogP contribution in [0.25, 0.3) is 0 Å². The number of piperidine rings is 1. The average molecular weight is 428 g/mol. The van der Waals surface area contributed by atoms with E-state index in [-0.39, 0.29) is 5.02 Å². The zero-order chi connectivity index (χ0) is 21.2. The van der Waals surface area contributed by atoms with Crippen molar-refractivity contribution >= 4 is 17.6 Å². The fourth-order valence-electron chi connectivity index (χ4n) is 3.82. The second kappa shape index (κ2) is 8.63. The summed E-state index contributed by atoms with van der Waals surface area (Å²) in [7, 11) is 1.52. The Kier molecular flexibility index (Phi) is 6.39. The summed E-state index contributed by atoms with van der Waals surface area (Å²) >= 11 is 5.79. The molecule has 29 heavy (non-hydrogen) atoms. The highest BCUT2D eigenvalue weighted by molar-refractivity contribution is 6.31. The third-order valence-corrected chi connectivity index (χ3v) is 5.53. The number of rotatable bonds is 5. The smallest absolute Gasteiger partial charge is 0.417 e. The number of halogens is 4. The molecule has 2 atom stereocenters. The van der Waals surface area contributed by atoms with E-state index in [0.717, 1.165) is 18.9 Å². The summed E-state index contributed by atoms with van der Waals surface area (Å²) in [4.78, 5) is 13.6. The van der Waals surface area contributed by atoms with Crippen LogP contribution in [0.15, 0.2) is 42.5 Å². The zero-order valence-corrected chi connectivity index (χ0v) is 16.5. The van der Waals surface area contributed by atoms with Crippen LogP contribution >= 0.6 is 11.6 Å². The van der Waals surface area contributed by atoms with Crippen LogP contribution in [0.2, 0.25) is 5.02 Å². The lowest BCUT2D eigenvalue weighted by atomic mass is 9.91. The van der Waals surface area contributed by atoms with Gasteiger partial charge in [0.2, 0.25) is 0 Å². The molecule has 0 bridgehead atoms. The maximum Gasteiger partial charge on any atom is 0.417 e. The molecule has 156 valence electrons. The summed E-state index contributed by atoms with van der Waals surface area (Å²) in [5.41, 5.74) is 0.105. The van der Waals surface area contributed by atoms with Gasteiger partial charge < -0.3 is 9.84 Å². The Morgan fingerprint density at radius 1 is 1.17 bits per heavy atom. The molecule has 1 aliphatic heterocycles. The number of methoxy groups -OCH3 is 1. The van der Waals surface area contributed by atoms with E-state index in [9.17, 15) is 23.1 Å². The first-order chi connectivity index (χ1) is 13.7. The highest BCUT2D eigenvalue weighted by atomic mass is 35.5.